The molecule has 0 atom stereocenters. The van der Waals surface area contributed by atoms with Crippen LogP contribution >= 0.6 is 15.9 Å². The van der Waals surface area contributed by atoms with Crippen LogP contribution in [0.2, 0.25) is 0 Å². The van der Waals surface area contributed by atoms with E-state index in [0.29, 0.717) is 0 Å². The number of fused-ring (bicyclic) bond motifs is 10. The van der Waals surface area contributed by atoms with Crippen molar-refractivity contribution in [2.24, 2.45) is 0 Å². The number of rotatable bonds is 0. The molecule has 2 nitrogen and oxygen atoms in total. The van der Waals surface area contributed by atoms with Crippen molar-refractivity contribution in [1.82, 2.24) is 8.80 Å². The molecule has 0 N–H and O–H groups in total. The van der Waals surface area contributed by atoms with Gasteiger partial charge in [-0.3, -0.25) is 0 Å². The third-order valence-corrected chi connectivity index (χ3v) is 7.54. The van der Waals surface area contributed by atoms with E-state index in [1.54, 1.807) is 0 Å². The van der Waals surface area contributed by atoms with Crippen LogP contribution in [0, 0.1) is 0 Å². The Balaban J connectivity index is 1.93. The lowest BCUT2D eigenvalue weighted by Crippen LogP contribution is -1.94. The molecule has 5 aromatic carbocycles. The maximum Gasteiger partial charge on any atom is 0.0782 e. The number of para-hydroxylation sites is 4. The van der Waals surface area contributed by atoms with Gasteiger partial charge in [-0.05, 0) is 36.4 Å². The molecule has 0 bridgehead atoms. The van der Waals surface area contributed by atoms with Gasteiger partial charge in [0.15, 0.2) is 0 Å². The van der Waals surface area contributed by atoms with Gasteiger partial charge in [0.05, 0.1) is 33.1 Å². The number of hydrogen-bond donors (Lipinski definition) is 0. The SMILES string of the molecule is Brc1cc2c3ccccc3n3c4cccc5c6ccccc6n(c6ccccc6c(c1)c23)c54. The van der Waals surface area contributed by atoms with Crippen molar-refractivity contribution < 1.29 is 0 Å². The van der Waals surface area contributed by atoms with Crippen LogP contribution in [0.15, 0.2) is 108 Å². The Morgan fingerprint density at radius 1 is 0.394 bits per heavy atom. The summed E-state index contributed by atoms with van der Waals surface area (Å²) in [4.78, 5) is 0. The average Bonchev–Trinajstić information content (AvgIpc) is 3.36. The molecule has 0 amide bonds. The molecule has 154 valence electrons. The zero-order valence-corrected chi connectivity index (χ0v) is 19.2. The van der Waals surface area contributed by atoms with Crippen LogP contribution in [0.25, 0.3) is 65.4 Å². The Bertz CT molecular complexity index is 2090. The standard InChI is InChI=1S/C30H17BrN2/c31-18-16-23-20-9-2-5-13-26(20)32-25-12-4-1-8-19(25)22-11-7-15-28(30(22)32)33-27-14-6-3-10-21(27)24(17-18)29(23)33/h1-17H. The van der Waals surface area contributed by atoms with E-state index < -0.39 is 0 Å². The molecule has 3 heteroatoms. The third-order valence-electron chi connectivity index (χ3n) is 7.08. The molecule has 0 unspecified atom stereocenters. The minimum atomic E-state index is 1.10. The first kappa shape index (κ1) is 17.7. The summed E-state index contributed by atoms with van der Waals surface area (Å²) < 4.78 is 6.03. The van der Waals surface area contributed by atoms with Crippen molar-refractivity contribution >= 4 is 81.3 Å². The Morgan fingerprint density at radius 2 is 0.818 bits per heavy atom. The maximum atomic E-state index is 3.82. The second-order valence-electron chi connectivity index (χ2n) is 8.75. The van der Waals surface area contributed by atoms with Gasteiger partial charge in [0, 0.05) is 36.8 Å². The topological polar surface area (TPSA) is 8.82 Å². The molecule has 0 aliphatic carbocycles. The van der Waals surface area contributed by atoms with E-state index >= 15 is 0 Å². The normalized spacial score (nSPS) is 12.4. The van der Waals surface area contributed by atoms with E-state index in [-0.39, 0.29) is 0 Å². The lowest BCUT2D eigenvalue weighted by atomic mass is 10.1. The summed E-state index contributed by atoms with van der Waals surface area (Å²) in [5.41, 5.74) is 7.41. The molecule has 3 aromatic heterocycles. The van der Waals surface area contributed by atoms with E-state index in [0.717, 1.165) is 4.47 Å². The van der Waals surface area contributed by atoms with Gasteiger partial charge in [0.1, 0.15) is 0 Å². The molecule has 0 radical (unpaired) electrons. The highest BCUT2D eigenvalue weighted by Gasteiger charge is 2.18. The van der Waals surface area contributed by atoms with Crippen molar-refractivity contribution in [3.8, 4) is 0 Å². The van der Waals surface area contributed by atoms with Gasteiger partial charge in [0.25, 0.3) is 0 Å². The molecule has 0 spiro atoms. The number of benzene rings is 5. The Labute approximate surface area is 197 Å². The first-order valence-corrected chi connectivity index (χ1v) is 12.0. The van der Waals surface area contributed by atoms with Crippen LogP contribution in [0.4, 0.5) is 0 Å². The summed E-state index contributed by atoms with van der Waals surface area (Å²) >= 11 is 3.82. The number of aromatic nitrogens is 2. The number of nitrogens with zero attached hydrogens (tertiary/aromatic N) is 2. The molecule has 3 heterocycles. The lowest BCUT2D eigenvalue weighted by Gasteiger charge is -2.11. The fourth-order valence-electron chi connectivity index (χ4n) is 5.85. The van der Waals surface area contributed by atoms with Crippen molar-refractivity contribution in [3.63, 3.8) is 0 Å². The minimum absolute atomic E-state index is 1.10. The first-order chi connectivity index (χ1) is 16.3. The van der Waals surface area contributed by atoms with Gasteiger partial charge in [-0.1, -0.05) is 82.7 Å². The van der Waals surface area contributed by atoms with Crippen molar-refractivity contribution in [2.75, 3.05) is 0 Å². The van der Waals surface area contributed by atoms with E-state index in [1.807, 2.05) is 0 Å². The molecule has 8 rings (SSSR count). The van der Waals surface area contributed by atoms with E-state index in [4.69, 9.17) is 0 Å². The molecule has 0 aliphatic rings. The van der Waals surface area contributed by atoms with Crippen LogP contribution in [-0.4, -0.2) is 8.80 Å². The zero-order valence-electron chi connectivity index (χ0n) is 17.6. The monoisotopic (exact) mass is 484 g/mol. The molecular formula is C30H17BrN2. The summed E-state index contributed by atoms with van der Waals surface area (Å²) in [7, 11) is 0. The van der Waals surface area contributed by atoms with Gasteiger partial charge in [-0.15, -0.1) is 0 Å². The minimum Gasteiger partial charge on any atom is -0.307 e. The molecule has 8 aromatic rings. The average molecular weight is 485 g/mol. The molecule has 0 aliphatic heterocycles. The predicted molar refractivity (Wildman–Crippen MR) is 144 cm³/mol. The number of hydrogen-bond acceptors (Lipinski definition) is 0. The highest BCUT2D eigenvalue weighted by molar-refractivity contribution is 9.10. The lowest BCUT2D eigenvalue weighted by molar-refractivity contribution is 1.30. The summed E-state index contributed by atoms with van der Waals surface area (Å²) in [6.45, 7) is 0. The van der Waals surface area contributed by atoms with Crippen molar-refractivity contribution in [1.29, 1.82) is 0 Å². The van der Waals surface area contributed by atoms with Gasteiger partial charge in [-0.25, -0.2) is 0 Å². The van der Waals surface area contributed by atoms with Crippen LogP contribution in [0.1, 0.15) is 0 Å². The molecule has 33 heavy (non-hydrogen) atoms. The summed E-state index contributed by atoms with van der Waals surface area (Å²) in [5.74, 6) is 0. The van der Waals surface area contributed by atoms with Crippen molar-refractivity contribution in [3.05, 3.63) is 108 Å². The van der Waals surface area contributed by atoms with E-state index in [1.165, 1.54) is 65.4 Å². The Morgan fingerprint density at radius 3 is 1.39 bits per heavy atom. The van der Waals surface area contributed by atoms with Crippen LogP contribution in [0.5, 0.6) is 0 Å². The van der Waals surface area contributed by atoms with Gasteiger partial charge in [0.2, 0.25) is 0 Å². The Hall–Kier alpha value is -3.82. The second-order valence-corrected chi connectivity index (χ2v) is 9.66. The van der Waals surface area contributed by atoms with Gasteiger partial charge >= 0.3 is 0 Å². The first-order valence-electron chi connectivity index (χ1n) is 11.2. The predicted octanol–water partition coefficient (Wildman–Crippen LogP) is 8.72. The Kier molecular flexibility index (Phi) is 3.30. The third kappa shape index (κ3) is 2.13. The van der Waals surface area contributed by atoms with Crippen LogP contribution in [0.3, 0.4) is 0 Å². The van der Waals surface area contributed by atoms with Crippen molar-refractivity contribution in [2.45, 2.75) is 0 Å². The summed E-state index contributed by atoms with van der Waals surface area (Å²) in [6.07, 6.45) is 0. The highest BCUT2D eigenvalue weighted by atomic mass is 79.9. The van der Waals surface area contributed by atoms with Crippen LogP contribution in [-0.2, 0) is 0 Å². The molecular weight excluding hydrogens is 468 g/mol. The molecule has 0 fully saturated rings. The fourth-order valence-corrected chi connectivity index (χ4v) is 6.30. The summed E-state index contributed by atoms with van der Waals surface area (Å²) in [5, 5.41) is 7.59. The largest absolute Gasteiger partial charge is 0.307 e. The van der Waals surface area contributed by atoms with Gasteiger partial charge < -0.3 is 8.80 Å². The smallest absolute Gasteiger partial charge is 0.0782 e. The quantitative estimate of drug-likeness (QED) is 0.203. The number of halogens is 1. The second kappa shape index (κ2) is 6.15. The molecule has 0 saturated carbocycles. The maximum absolute atomic E-state index is 3.82. The molecule has 0 saturated heterocycles. The van der Waals surface area contributed by atoms with E-state index in [2.05, 4.69) is 128 Å². The summed E-state index contributed by atoms with van der Waals surface area (Å²) in [6, 6.07) is 37.6. The van der Waals surface area contributed by atoms with Crippen LogP contribution < -0.4 is 0 Å². The van der Waals surface area contributed by atoms with E-state index in [9.17, 15) is 0 Å². The highest BCUT2D eigenvalue weighted by Crippen LogP contribution is 2.41. The fraction of sp³-hybridized carbons (Fsp3) is 0. The van der Waals surface area contributed by atoms with Gasteiger partial charge in [-0.2, -0.15) is 0 Å². The zero-order chi connectivity index (χ0) is 21.7.